The van der Waals surface area contributed by atoms with Crippen molar-refractivity contribution < 1.29 is 0 Å². The highest BCUT2D eigenvalue weighted by molar-refractivity contribution is 5.71. The maximum Gasteiger partial charge on any atom is 0.253 e. The van der Waals surface area contributed by atoms with E-state index in [-0.39, 0.29) is 11.1 Å². The summed E-state index contributed by atoms with van der Waals surface area (Å²) >= 11 is 0. The second-order valence-corrected chi connectivity index (χ2v) is 14.7. The summed E-state index contributed by atoms with van der Waals surface area (Å²) in [6.07, 6.45) is 3.84. The van der Waals surface area contributed by atoms with Gasteiger partial charge in [0, 0.05) is 143 Å². The van der Waals surface area contributed by atoms with Crippen LogP contribution in [0.1, 0.15) is 22.3 Å². The fraction of sp³-hybridized carbons (Fsp3) is 0.463. The first-order chi connectivity index (χ1) is 24.3. The van der Waals surface area contributed by atoms with E-state index in [1.54, 1.807) is 9.13 Å². The Labute approximate surface area is 304 Å². The van der Waals surface area contributed by atoms with Crippen LogP contribution in [0.25, 0.3) is 22.3 Å². The van der Waals surface area contributed by atoms with Gasteiger partial charge in [-0.3, -0.25) is 19.4 Å². The summed E-state index contributed by atoms with van der Waals surface area (Å²) in [5.41, 5.74) is 11.3. The first-order valence-electron chi connectivity index (χ1n) is 18.1. The zero-order chi connectivity index (χ0) is 36.8. The van der Waals surface area contributed by atoms with Crippen LogP contribution >= 0.6 is 0 Å². The Hall–Kier alpha value is -4.22. The number of hydrogen-bond acceptors (Lipinski definition) is 8. The van der Waals surface area contributed by atoms with Crippen LogP contribution in [0.15, 0.2) is 70.5 Å². The molecule has 0 saturated carbocycles. The van der Waals surface area contributed by atoms with E-state index in [0.29, 0.717) is 0 Å². The number of piperazine rings is 2. The maximum absolute atomic E-state index is 12.0. The first kappa shape index (κ1) is 38.0. The monoisotopic (exact) mass is 694 g/mol. The molecular weight excluding hydrogens is 637 g/mol. The molecule has 0 aliphatic carbocycles. The van der Waals surface area contributed by atoms with Gasteiger partial charge in [0.15, 0.2) is 0 Å². The normalized spacial score (nSPS) is 15.7. The third kappa shape index (κ3) is 9.56. The lowest BCUT2D eigenvalue weighted by molar-refractivity contribution is 0.148. The van der Waals surface area contributed by atoms with Gasteiger partial charge in [-0.05, 0) is 78.5 Å². The maximum atomic E-state index is 12.0. The molecule has 0 bridgehead atoms. The molecule has 2 aliphatic heterocycles. The van der Waals surface area contributed by atoms with Crippen molar-refractivity contribution in [2.45, 2.75) is 26.9 Å². The molecule has 0 unspecified atom stereocenters. The zero-order valence-electron chi connectivity index (χ0n) is 32.3. The van der Waals surface area contributed by atoms with Crippen molar-refractivity contribution >= 4 is 11.4 Å². The Kier molecular flexibility index (Phi) is 12.6. The molecule has 4 aromatic rings. The minimum Gasteiger partial charge on any atom is -0.377 e. The largest absolute Gasteiger partial charge is 0.377 e. The van der Waals surface area contributed by atoms with E-state index in [1.165, 1.54) is 22.5 Å². The predicted molar refractivity (Wildman–Crippen MR) is 213 cm³/mol. The predicted octanol–water partition coefficient (Wildman–Crippen LogP) is 4.01. The number of nitrogens with one attached hydrogen (secondary N) is 1. The van der Waals surface area contributed by atoms with Gasteiger partial charge < -0.3 is 29.2 Å². The molecule has 6 rings (SSSR count). The van der Waals surface area contributed by atoms with Crippen LogP contribution in [0.3, 0.4) is 0 Å². The van der Waals surface area contributed by atoms with E-state index >= 15 is 0 Å². The number of benzene rings is 2. The highest BCUT2D eigenvalue weighted by Crippen LogP contribution is 2.30. The van der Waals surface area contributed by atoms with E-state index in [2.05, 4.69) is 101 Å². The molecule has 4 heterocycles. The molecule has 10 heteroatoms. The van der Waals surface area contributed by atoms with Crippen LogP contribution < -0.4 is 26.2 Å². The van der Waals surface area contributed by atoms with Crippen LogP contribution in [0.4, 0.5) is 11.4 Å². The van der Waals surface area contributed by atoms with Crippen LogP contribution in [-0.2, 0) is 27.2 Å². The second-order valence-electron chi connectivity index (χ2n) is 14.7. The minimum atomic E-state index is 0.0620. The number of hydrogen-bond donors (Lipinski definition) is 1. The minimum absolute atomic E-state index is 0.0620. The van der Waals surface area contributed by atoms with Crippen LogP contribution in [0.2, 0.25) is 0 Å². The standard InChI is InChI=1S/C21H30N4O.C20H28N4O/c1-16-12-19(14-24(5)21(16)26)17-6-7-18(20(13-17)22(2)3)15-25-10-8-23(4)9-11-25;1-15-11-18(13-23(4)20(15)25)16-5-6-17(19(12-16)22(2)3)14-24-9-7-21-8-10-24/h6-7,12-14H,8-11,15H2,1-5H3;5-6,11-13,21H,7-10,14H2,1-4H3. The SMILES string of the molecule is Cc1cc(-c2ccc(CN3CCN(C)CC3)c(N(C)C)c2)cn(C)c1=O.Cc1cc(-c2ccc(CN3CCNCC3)c(N(C)C)c2)cn(C)c1=O. The molecule has 51 heavy (non-hydrogen) atoms. The quantitative estimate of drug-likeness (QED) is 0.297. The van der Waals surface area contributed by atoms with Crippen molar-refractivity contribution in [3.8, 4) is 22.3 Å². The zero-order valence-corrected chi connectivity index (χ0v) is 32.3. The molecule has 2 saturated heterocycles. The molecule has 2 aliphatic rings. The van der Waals surface area contributed by atoms with Crippen LogP contribution in [0.5, 0.6) is 0 Å². The molecule has 274 valence electrons. The summed E-state index contributed by atoms with van der Waals surface area (Å²) in [6, 6.07) is 17.3. The molecule has 0 atom stereocenters. The summed E-state index contributed by atoms with van der Waals surface area (Å²) in [7, 11) is 14.2. The molecule has 0 spiro atoms. The Morgan fingerprint density at radius 1 is 0.569 bits per heavy atom. The molecule has 1 N–H and O–H groups in total. The van der Waals surface area contributed by atoms with E-state index in [1.807, 2.05) is 52.5 Å². The third-order valence-electron chi connectivity index (χ3n) is 10.1. The summed E-state index contributed by atoms with van der Waals surface area (Å²) in [5.74, 6) is 0. The van der Waals surface area contributed by atoms with Crippen molar-refractivity contribution in [3.05, 3.63) is 104 Å². The van der Waals surface area contributed by atoms with Crippen molar-refractivity contribution in [2.75, 3.05) is 97.4 Å². The molecule has 10 nitrogen and oxygen atoms in total. The summed E-state index contributed by atoms with van der Waals surface area (Å²) < 4.78 is 3.33. The number of anilines is 2. The van der Waals surface area contributed by atoms with Gasteiger partial charge in [0.05, 0.1) is 0 Å². The molecule has 0 amide bonds. The van der Waals surface area contributed by atoms with Crippen molar-refractivity contribution in [3.63, 3.8) is 0 Å². The molecule has 2 aromatic carbocycles. The van der Waals surface area contributed by atoms with Gasteiger partial charge in [-0.2, -0.15) is 0 Å². The van der Waals surface area contributed by atoms with Gasteiger partial charge in [-0.1, -0.05) is 24.3 Å². The lowest BCUT2D eigenvalue weighted by Crippen LogP contribution is -2.44. The first-order valence-corrected chi connectivity index (χ1v) is 18.1. The summed E-state index contributed by atoms with van der Waals surface area (Å²) in [4.78, 5) is 35.7. The van der Waals surface area contributed by atoms with Gasteiger partial charge >= 0.3 is 0 Å². The van der Waals surface area contributed by atoms with Gasteiger partial charge in [0.1, 0.15) is 0 Å². The molecular formula is C41H58N8O2. The number of pyridine rings is 2. The number of nitrogens with zero attached hydrogens (tertiary/aromatic N) is 7. The average molecular weight is 695 g/mol. The lowest BCUT2D eigenvalue weighted by atomic mass is 10.0. The van der Waals surface area contributed by atoms with Crippen molar-refractivity contribution in [2.24, 2.45) is 14.1 Å². The Morgan fingerprint density at radius 3 is 1.37 bits per heavy atom. The van der Waals surface area contributed by atoms with E-state index in [4.69, 9.17) is 0 Å². The summed E-state index contributed by atoms with van der Waals surface area (Å²) in [5, 5.41) is 3.40. The highest BCUT2D eigenvalue weighted by Gasteiger charge is 2.18. The van der Waals surface area contributed by atoms with Crippen molar-refractivity contribution in [1.29, 1.82) is 0 Å². The molecule has 2 aromatic heterocycles. The molecule has 0 radical (unpaired) electrons. The highest BCUT2D eigenvalue weighted by atomic mass is 16.1. The Bertz CT molecular complexity index is 1860. The van der Waals surface area contributed by atoms with Gasteiger partial charge in [-0.25, -0.2) is 0 Å². The number of likely N-dealkylation sites (N-methyl/N-ethyl adjacent to an activating group) is 1. The van der Waals surface area contributed by atoms with Crippen LogP contribution in [0, 0.1) is 13.8 Å². The summed E-state index contributed by atoms with van der Waals surface area (Å²) in [6.45, 7) is 14.5. The van der Waals surface area contributed by atoms with E-state index in [9.17, 15) is 9.59 Å². The van der Waals surface area contributed by atoms with Crippen molar-refractivity contribution in [1.82, 2.24) is 29.2 Å². The second kappa shape index (κ2) is 16.9. The molecule has 2 fully saturated rings. The van der Waals surface area contributed by atoms with Gasteiger partial charge in [0.2, 0.25) is 0 Å². The Morgan fingerprint density at radius 2 is 0.980 bits per heavy atom. The van der Waals surface area contributed by atoms with E-state index in [0.717, 1.165) is 98.8 Å². The van der Waals surface area contributed by atoms with Crippen LogP contribution in [-0.4, -0.2) is 111 Å². The van der Waals surface area contributed by atoms with Gasteiger partial charge in [0.25, 0.3) is 11.1 Å². The third-order valence-corrected chi connectivity index (χ3v) is 10.1. The Balaban J connectivity index is 0.000000198. The van der Waals surface area contributed by atoms with Gasteiger partial charge in [-0.15, -0.1) is 0 Å². The fourth-order valence-corrected chi connectivity index (χ4v) is 7.02. The fourth-order valence-electron chi connectivity index (χ4n) is 7.02. The average Bonchev–Trinajstić information content (AvgIpc) is 3.11. The smallest absolute Gasteiger partial charge is 0.253 e. The number of aryl methyl sites for hydroxylation is 4. The number of rotatable bonds is 8. The lowest BCUT2D eigenvalue weighted by Gasteiger charge is -2.33. The topological polar surface area (TPSA) is 72.2 Å². The van der Waals surface area contributed by atoms with E-state index < -0.39 is 0 Å². The number of aromatic nitrogens is 2.